The Balaban J connectivity index is 1.19. The molecule has 8 heteroatoms. The second-order valence-electron chi connectivity index (χ2n) is 10.7. The lowest BCUT2D eigenvalue weighted by Gasteiger charge is -2.14. The van der Waals surface area contributed by atoms with Crippen LogP contribution in [-0.2, 0) is 22.4 Å². The minimum atomic E-state index is -0.931. The molecule has 7 nitrogen and oxygen atoms in total. The van der Waals surface area contributed by atoms with Crippen LogP contribution in [0.2, 0.25) is 0 Å². The molecule has 2 heterocycles. The molecule has 42 heavy (non-hydrogen) atoms. The number of pyridine rings is 1. The van der Waals surface area contributed by atoms with Crippen LogP contribution in [0.3, 0.4) is 0 Å². The molecule has 5 aromatic rings. The molecule has 0 saturated heterocycles. The third kappa shape index (κ3) is 5.16. The maximum atomic E-state index is 13.2. The molecule has 0 amide bonds. The monoisotopic (exact) mass is 564 g/mol. The third-order valence-corrected chi connectivity index (χ3v) is 7.94. The van der Waals surface area contributed by atoms with Crippen molar-refractivity contribution < 1.29 is 28.0 Å². The molecule has 3 aromatic carbocycles. The minimum absolute atomic E-state index is 0.0794. The maximum absolute atomic E-state index is 13.2. The van der Waals surface area contributed by atoms with Gasteiger partial charge >= 0.3 is 0 Å². The summed E-state index contributed by atoms with van der Waals surface area (Å²) in [4.78, 5) is 30.7. The molecular formula is C34H29FN2O5. The zero-order valence-corrected chi connectivity index (χ0v) is 23.6. The Morgan fingerprint density at radius 3 is 2.12 bits per heavy atom. The van der Waals surface area contributed by atoms with Gasteiger partial charge in [-0.1, -0.05) is 29.4 Å². The van der Waals surface area contributed by atoms with Crippen molar-refractivity contribution in [2.45, 2.75) is 39.5 Å². The molecule has 1 aliphatic rings. The highest BCUT2D eigenvalue weighted by atomic mass is 19.1. The van der Waals surface area contributed by atoms with Gasteiger partial charge in [-0.3, -0.25) is 14.6 Å². The maximum Gasteiger partial charge on any atom is 0.150 e. The van der Waals surface area contributed by atoms with Crippen molar-refractivity contribution in [2.75, 3.05) is 7.11 Å². The number of aryl methyl sites for hydroxylation is 2. The van der Waals surface area contributed by atoms with E-state index in [2.05, 4.69) is 10.1 Å². The van der Waals surface area contributed by atoms with E-state index in [1.807, 2.05) is 50.2 Å². The fourth-order valence-corrected chi connectivity index (χ4v) is 5.42. The molecule has 1 aliphatic carbocycles. The van der Waals surface area contributed by atoms with Gasteiger partial charge in [-0.15, -0.1) is 0 Å². The lowest BCUT2D eigenvalue weighted by atomic mass is 9.88. The Morgan fingerprint density at radius 1 is 0.905 bits per heavy atom. The van der Waals surface area contributed by atoms with E-state index in [1.54, 1.807) is 31.5 Å². The smallest absolute Gasteiger partial charge is 0.150 e. The number of rotatable bonds is 10. The number of aromatic nitrogens is 2. The van der Waals surface area contributed by atoms with Gasteiger partial charge in [0.05, 0.1) is 29.3 Å². The predicted molar refractivity (Wildman–Crippen MR) is 155 cm³/mol. The molecular weight excluding hydrogens is 535 g/mol. The first-order valence-electron chi connectivity index (χ1n) is 13.8. The van der Waals surface area contributed by atoms with E-state index in [0.717, 1.165) is 27.8 Å². The normalized spacial score (nSPS) is 13.6. The fraction of sp³-hybridized carbons (Fsp3) is 0.235. The number of hydrogen-bond acceptors (Lipinski definition) is 7. The number of nitrogens with zero attached hydrogens (tertiary/aromatic N) is 2. The second kappa shape index (κ2) is 10.9. The molecule has 0 radical (unpaired) electrons. The molecule has 6 rings (SSSR count). The number of ketones is 2. The van der Waals surface area contributed by atoms with Gasteiger partial charge in [-0.05, 0) is 74.2 Å². The van der Waals surface area contributed by atoms with Gasteiger partial charge in [0.15, 0.2) is 11.6 Å². The molecule has 0 aliphatic heterocycles. The van der Waals surface area contributed by atoms with Gasteiger partial charge in [0.2, 0.25) is 0 Å². The van der Waals surface area contributed by atoms with E-state index in [1.165, 1.54) is 12.1 Å². The van der Waals surface area contributed by atoms with Crippen molar-refractivity contribution in [3.05, 3.63) is 101 Å². The lowest BCUT2D eigenvalue weighted by molar-refractivity contribution is -0.133. The number of carbonyl (C=O) groups is 2. The summed E-state index contributed by atoms with van der Waals surface area (Å²) in [6.07, 6.45) is 3.08. The molecule has 0 bridgehead atoms. The van der Waals surface area contributed by atoms with Crippen LogP contribution in [0.5, 0.6) is 17.2 Å². The van der Waals surface area contributed by atoms with Crippen molar-refractivity contribution in [2.24, 2.45) is 5.41 Å². The lowest BCUT2D eigenvalue weighted by Crippen LogP contribution is -2.28. The van der Waals surface area contributed by atoms with Gasteiger partial charge < -0.3 is 14.0 Å². The van der Waals surface area contributed by atoms with Crippen molar-refractivity contribution in [3.8, 4) is 28.4 Å². The van der Waals surface area contributed by atoms with Crippen molar-refractivity contribution in [1.29, 1.82) is 0 Å². The number of hydrogen-bond donors (Lipinski definition) is 0. The van der Waals surface area contributed by atoms with E-state index in [9.17, 15) is 14.0 Å². The van der Waals surface area contributed by atoms with Gasteiger partial charge in [-0.25, -0.2) is 4.39 Å². The van der Waals surface area contributed by atoms with Crippen LogP contribution in [0.25, 0.3) is 22.0 Å². The first kappa shape index (κ1) is 27.3. The quantitative estimate of drug-likeness (QED) is 0.166. The van der Waals surface area contributed by atoms with E-state index < -0.39 is 5.41 Å². The summed E-state index contributed by atoms with van der Waals surface area (Å²) >= 11 is 0. The molecule has 1 fully saturated rings. The number of Topliss-reactive ketones (excluding diaryl/α,β-unsaturated/α-hetero) is 2. The predicted octanol–water partition coefficient (Wildman–Crippen LogP) is 7.15. The van der Waals surface area contributed by atoms with Crippen LogP contribution >= 0.6 is 0 Å². The van der Waals surface area contributed by atoms with Crippen LogP contribution in [-0.4, -0.2) is 28.8 Å². The van der Waals surface area contributed by atoms with Crippen LogP contribution in [0.15, 0.2) is 77.4 Å². The number of fused-ring (bicyclic) bond motifs is 1. The topological polar surface area (TPSA) is 91.5 Å². The summed E-state index contributed by atoms with van der Waals surface area (Å²) in [5.41, 5.74) is 3.74. The molecule has 212 valence electrons. The van der Waals surface area contributed by atoms with Gasteiger partial charge in [-0.2, -0.15) is 0 Å². The Morgan fingerprint density at radius 2 is 1.55 bits per heavy atom. The fourth-order valence-electron chi connectivity index (χ4n) is 5.42. The van der Waals surface area contributed by atoms with Crippen molar-refractivity contribution >= 4 is 22.5 Å². The number of methoxy groups -OCH3 is 1. The third-order valence-electron chi connectivity index (χ3n) is 7.94. The number of halogens is 1. The minimum Gasteiger partial charge on any atom is -0.496 e. The van der Waals surface area contributed by atoms with E-state index in [-0.39, 0.29) is 30.2 Å². The second-order valence-corrected chi connectivity index (χ2v) is 10.7. The summed E-state index contributed by atoms with van der Waals surface area (Å²) in [7, 11) is 1.61. The Bertz CT molecular complexity index is 1790. The van der Waals surface area contributed by atoms with Crippen LogP contribution in [0.1, 0.15) is 35.4 Å². The van der Waals surface area contributed by atoms with Gasteiger partial charge in [0.1, 0.15) is 28.8 Å². The molecule has 1 saturated carbocycles. The van der Waals surface area contributed by atoms with Crippen molar-refractivity contribution in [1.82, 2.24) is 10.1 Å². The number of benzene rings is 3. The molecule has 2 aromatic heterocycles. The largest absolute Gasteiger partial charge is 0.496 e. The van der Waals surface area contributed by atoms with Crippen LogP contribution in [0.4, 0.5) is 4.39 Å². The van der Waals surface area contributed by atoms with Crippen molar-refractivity contribution in [3.63, 3.8) is 0 Å². The van der Waals surface area contributed by atoms with Gasteiger partial charge in [0, 0.05) is 36.1 Å². The van der Waals surface area contributed by atoms with E-state index in [0.29, 0.717) is 46.9 Å². The Hall–Kier alpha value is -4.85. The van der Waals surface area contributed by atoms with Gasteiger partial charge in [0.25, 0.3) is 0 Å². The highest BCUT2D eigenvalue weighted by Crippen LogP contribution is 2.49. The number of carbonyl (C=O) groups excluding carboxylic acids is 2. The summed E-state index contributed by atoms with van der Waals surface area (Å²) in [6, 6.07) is 18.8. The van der Waals surface area contributed by atoms with Crippen LogP contribution < -0.4 is 9.47 Å². The highest BCUT2D eigenvalue weighted by molar-refractivity contribution is 6.11. The zero-order chi connectivity index (χ0) is 29.4. The van der Waals surface area contributed by atoms with E-state index >= 15 is 0 Å². The van der Waals surface area contributed by atoms with E-state index in [4.69, 9.17) is 14.0 Å². The summed E-state index contributed by atoms with van der Waals surface area (Å²) < 4.78 is 30.5. The molecule has 0 N–H and O–H groups in total. The average Bonchev–Trinajstić information content (AvgIpc) is 3.74. The zero-order valence-electron chi connectivity index (χ0n) is 23.6. The summed E-state index contributed by atoms with van der Waals surface area (Å²) in [5, 5.41) is 4.88. The van der Waals surface area contributed by atoms with Crippen LogP contribution in [0, 0.1) is 25.1 Å². The molecule has 0 spiro atoms. The molecule has 0 unspecified atom stereocenters. The SMILES string of the molecule is COc1cc2nccc(Oc3ccc(CC(=O)C4(C(=O)Cc5ccc(F)cc5)CC4)cc3)c2cc1-c1c(C)noc1C. The highest BCUT2D eigenvalue weighted by Gasteiger charge is 2.54. The standard InChI is InChI=1S/C34H29FN2O5/c1-20-33(21(2)42-37-20)27-18-26-28(19-30(27)40-3)36-15-12-29(26)41-25-10-6-23(7-11-25)17-32(39)34(13-14-34)31(38)16-22-4-8-24(35)9-5-22/h4-12,15,18-19H,13-14,16-17H2,1-3H3. The Kier molecular flexibility index (Phi) is 7.06. The Labute approximate surface area is 242 Å². The summed E-state index contributed by atoms with van der Waals surface area (Å²) in [5.74, 6) is 2.02. The number of ether oxygens (including phenoxy) is 2. The first-order chi connectivity index (χ1) is 20.3. The first-order valence-corrected chi connectivity index (χ1v) is 13.8. The summed E-state index contributed by atoms with van der Waals surface area (Å²) in [6.45, 7) is 3.74. The average molecular weight is 565 g/mol. The molecule has 0 atom stereocenters.